The molecule has 2 N–H and O–H groups in total. The lowest BCUT2D eigenvalue weighted by atomic mass is 10.0. The number of piperidine rings is 1. The first kappa shape index (κ1) is 22.8. The van der Waals surface area contributed by atoms with Crippen molar-refractivity contribution < 1.29 is 16.1 Å². The molecule has 1 amide bonds. The summed E-state index contributed by atoms with van der Waals surface area (Å²) in [5, 5.41) is 5.88. The second-order valence-electron chi connectivity index (χ2n) is 7.30. The summed E-state index contributed by atoms with van der Waals surface area (Å²) in [4.78, 5) is 18.8. The molecule has 1 fully saturated rings. The highest BCUT2D eigenvalue weighted by atomic mass is 35.5. The number of thiazole rings is 1. The van der Waals surface area contributed by atoms with Gasteiger partial charge in [0.25, 0.3) is 15.9 Å². The molecule has 0 unspecified atom stereocenters. The van der Waals surface area contributed by atoms with Crippen molar-refractivity contribution in [2.24, 2.45) is 0 Å². The first-order chi connectivity index (χ1) is 15.3. The normalized spacial score (nSPS) is 14.9. The lowest BCUT2D eigenvalue weighted by molar-refractivity contribution is 0.0931. The fourth-order valence-corrected chi connectivity index (χ4v) is 5.79. The molecule has 32 heavy (non-hydrogen) atoms. The van der Waals surface area contributed by atoms with E-state index in [9.17, 15) is 13.2 Å². The lowest BCUT2D eigenvalue weighted by Crippen LogP contribution is -2.44. The molecule has 0 atom stereocenters. The summed E-state index contributed by atoms with van der Waals surface area (Å²) in [6, 6.07) is 11.6. The van der Waals surface area contributed by atoms with Crippen molar-refractivity contribution >= 4 is 61.3 Å². The average Bonchev–Trinajstić information content (AvgIpc) is 3.26. The van der Waals surface area contributed by atoms with E-state index in [4.69, 9.17) is 23.2 Å². The monoisotopic (exact) mass is 514 g/mol. The van der Waals surface area contributed by atoms with Crippen LogP contribution in [0.5, 0.6) is 0 Å². The molecule has 0 radical (unpaired) electrons. The van der Waals surface area contributed by atoms with Gasteiger partial charge in [0.05, 0.1) is 15.5 Å². The molecule has 0 aliphatic carbocycles. The molecule has 2 heterocycles. The third-order valence-corrected chi connectivity index (χ3v) is 7.89. The lowest BCUT2D eigenvalue weighted by Gasteiger charge is -2.34. The standard InChI is InChI=1S/C21H20Cl2N4O3S2.2H2/c22-14-1-6-18(19(23)13-14)20(28)25-15-7-10-27(11-8-15)16-2-4-17(5-3-16)32(29,30)26-21-24-9-12-31-21;;/h1-6,9,12-13,15H,7-8,10-11H2,(H,24,26)(H,25,28);2*1H. The summed E-state index contributed by atoms with van der Waals surface area (Å²) < 4.78 is 27.4. The van der Waals surface area contributed by atoms with Gasteiger partial charge in [0, 0.05) is 44.3 Å². The number of amides is 1. The molecule has 11 heteroatoms. The van der Waals surface area contributed by atoms with Gasteiger partial charge in [-0.15, -0.1) is 11.3 Å². The summed E-state index contributed by atoms with van der Waals surface area (Å²) in [6.07, 6.45) is 3.08. The highest BCUT2D eigenvalue weighted by Gasteiger charge is 2.23. The summed E-state index contributed by atoms with van der Waals surface area (Å²) in [5.74, 6) is -0.215. The topological polar surface area (TPSA) is 91.4 Å². The highest BCUT2D eigenvalue weighted by Crippen LogP contribution is 2.25. The zero-order chi connectivity index (χ0) is 22.7. The van der Waals surface area contributed by atoms with Gasteiger partial charge in [-0.05, 0) is 55.3 Å². The van der Waals surface area contributed by atoms with Gasteiger partial charge < -0.3 is 10.2 Å². The Kier molecular flexibility index (Phi) is 6.90. The number of halogens is 2. The molecule has 1 saturated heterocycles. The summed E-state index contributed by atoms with van der Waals surface area (Å²) >= 11 is 13.2. The van der Waals surface area contributed by atoms with Gasteiger partial charge in [0.2, 0.25) is 0 Å². The van der Waals surface area contributed by atoms with Gasteiger partial charge >= 0.3 is 0 Å². The second kappa shape index (κ2) is 9.66. The van der Waals surface area contributed by atoms with Gasteiger partial charge in [0.1, 0.15) is 0 Å². The van der Waals surface area contributed by atoms with Gasteiger partial charge in [-0.2, -0.15) is 0 Å². The molecule has 1 aliphatic heterocycles. The molecule has 0 bridgehead atoms. The molecule has 1 aromatic heterocycles. The van der Waals surface area contributed by atoms with Crippen LogP contribution in [0.2, 0.25) is 10.0 Å². The van der Waals surface area contributed by atoms with E-state index in [1.54, 1.807) is 54.0 Å². The van der Waals surface area contributed by atoms with E-state index in [2.05, 4.69) is 19.9 Å². The van der Waals surface area contributed by atoms with Crippen LogP contribution in [-0.4, -0.2) is 38.4 Å². The number of sulfonamides is 1. The minimum absolute atomic E-state index is 0. The first-order valence-corrected chi connectivity index (χ1v) is 13.0. The second-order valence-corrected chi connectivity index (χ2v) is 10.7. The van der Waals surface area contributed by atoms with Crippen LogP contribution in [0.3, 0.4) is 0 Å². The van der Waals surface area contributed by atoms with E-state index >= 15 is 0 Å². The number of rotatable bonds is 6. The zero-order valence-electron chi connectivity index (χ0n) is 16.8. The number of nitrogens with one attached hydrogen (secondary N) is 2. The molecule has 0 spiro atoms. The van der Waals surface area contributed by atoms with E-state index in [0.29, 0.717) is 20.7 Å². The van der Waals surface area contributed by atoms with Crippen LogP contribution in [0.4, 0.5) is 10.8 Å². The van der Waals surface area contributed by atoms with Crippen molar-refractivity contribution in [3.05, 3.63) is 69.7 Å². The van der Waals surface area contributed by atoms with Crippen LogP contribution in [0, 0.1) is 0 Å². The predicted octanol–water partition coefficient (Wildman–Crippen LogP) is 5.14. The van der Waals surface area contributed by atoms with E-state index in [-0.39, 0.29) is 19.7 Å². The Hall–Kier alpha value is -2.33. The molecule has 172 valence electrons. The third kappa shape index (κ3) is 5.35. The molecular formula is C21H24Cl2N4O3S2. The largest absolute Gasteiger partial charge is 0.371 e. The number of aromatic nitrogens is 1. The molecule has 0 saturated carbocycles. The van der Waals surface area contributed by atoms with Crippen LogP contribution in [0.25, 0.3) is 0 Å². The number of benzene rings is 2. The number of nitrogens with zero attached hydrogens (tertiary/aromatic N) is 2. The van der Waals surface area contributed by atoms with Gasteiger partial charge in [-0.25, -0.2) is 13.4 Å². The van der Waals surface area contributed by atoms with Gasteiger partial charge in [-0.1, -0.05) is 23.2 Å². The Balaban J connectivity index is 0.00000204. The zero-order valence-corrected chi connectivity index (χ0v) is 19.9. The number of carbonyl (C=O) groups is 1. The van der Waals surface area contributed by atoms with Gasteiger partial charge in [0.15, 0.2) is 5.13 Å². The Morgan fingerprint density at radius 1 is 1.12 bits per heavy atom. The first-order valence-electron chi connectivity index (χ1n) is 9.85. The number of anilines is 2. The molecular weight excluding hydrogens is 491 g/mol. The summed E-state index contributed by atoms with van der Waals surface area (Å²) in [6.45, 7) is 1.48. The molecule has 3 aromatic rings. The van der Waals surface area contributed by atoms with E-state index in [0.717, 1.165) is 31.6 Å². The Labute approximate surface area is 203 Å². The van der Waals surface area contributed by atoms with Crippen LogP contribution in [-0.2, 0) is 10.0 Å². The summed E-state index contributed by atoms with van der Waals surface area (Å²) in [7, 11) is -3.67. The van der Waals surface area contributed by atoms with Crippen molar-refractivity contribution in [2.45, 2.75) is 23.8 Å². The minimum Gasteiger partial charge on any atom is -0.371 e. The minimum atomic E-state index is -3.67. The smallest absolute Gasteiger partial charge is 0.263 e. The number of hydrogen-bond donors (Lipinski definition) is 2. The average molecular weight is 515 g/mol. The molecule has 4 rings (SSSR count). The van der Waals surface area contributed by atoms with Crippen molar-refractivity contribution in [2.75, 3.05) is 22.7 Å². The van der Waals surface area contributed by atoms with Crippen molar-refractivity contribution in [1.82, 2.24) is 10.3 Å². The Morgan fingerprint density at radius 2 is 1.84 bits per heavy atom. The van der Waals surface area contributed by atoms with Crippen LogP contribution in [0.1, 0.15) is 26.1 Å². The van der Waals surface area contributed by atoms with Gasteiger partial charge in [-0.3, -0.25) is 9.52 Å². The fourth-order valence-electron chi connectivity index (χ4n) is 3.50. The summed E-state index contributed by atoms with van der Waals surface area (Å²) in [5.41, 5.74) is 1.34. The Morgan fingerprint density at radius 3 is 2.47 bits per heavy atom. The van der Waals surface area contributed by atoms with Crippen LogP contribution < -0.4 is 14.9 Å². The Bertz CT molecular complexity index is 1210. The van der Waals surface area contributed by atoms with Crippen LogP contribution in [0.15, 0.2) is 58.9 Å². The van der Waals surface area contributed by atoms with E-state index in [1.807, 2.05) is 0 Å². The molecule has 2 aromatic carbocycles. The van der Waals surface area contributed by atoms with Crippen LogP contribution >= 0.6 is 34.5 Å². The molecule has 1 aliphatic rings. The van der Waals surface area contributed by atoms with Crippen molar-refractivity contribution in [3.8, 4) is 0 Å². The molecule has 7 nitrogen and oxygen atoms in total. The fraction of sp³-hybridized carbons (Fsp3) is 0.238. The van der Waals surface area contributed by atoms with Crippen molar-refractivity contribution in [3.63, 3.8) is 0 Å². The number of hydrogen-bond acceptors (Lipinski definition) is 6. The SMILES string of the molecule is O=C(NC1CCN(c2ccc(S(=O)(=O)Nc3nccs3)cc2)CC1)c1ccc(Cl)cc1Cl.[HH].[HH]. The maximum Gasteiger partial charge on any atom is 0.263 e. The van der Waals surface area contributed by atoms with E-state index in [1.165, 1.54) is 11.3 Å². The maximum atomic E-state index is 12.5. The maximum absolute atomic E-state index is 12.5. The number of carbonyl (C=O) groups excluding carboxylic acids is 1. The highest BCUT2D eigenvalue weighted by molar-refractivity contribution is 7.93. The quantitative estimate of drug-likeness (QED) is 0.474. The van der Waals surface area contributed by atoms with E-state index < -0.39 is 10.0 Å². The predicted molar refractivity (Wildman–Crippen MR) is 133 cm³/mol. The third-order valence-electron chi connectivity index (χ3n) is 5.17. The van der Waals surface area contributed by atoms with Crippen molar-refractivity contribution in [1.29, 1.82) is 0 Å².